The average molecular weight is 615 g/mol. The molecule has 0 spiro atoms. The Morgan fingerprint density at radius 3 is 1.41 bits per heavy atom. The first-order valence-corrected chi connectivity index (χ1v) is 18.6. The Hall–Kier alpha value is -2.10. The molecule has 1 N–H and O–H groups in total. The summed E-state index contributed by atoms with van der Waals surface area (Å²) in [5.41, 5.74) is 0. The van der Waals surface area contributed by atoms with Crippen LogP contribution in [0.25, 0.3) is 0 Å². The van der Waals surface area contributed by atoms with Gasteiger partial charge in [-0.3, -0.25) is 9.59 Å². The monoisotopic (exact) mass is 615 g/mol. The van der Waals surface area contributed by atoms with E-state index in [2.05, 4.69) is 62.5 Å². The molecule has 0 aromatic carbocycles. The molecule has 0 rings (SSSR count). The first kappa shape index (κ1) is 41.9. The molecular weight excluding hydrogens is 544 g/mol. The quantitative estimate of drug-likeness (QED) is 0.0454. The maximum atomic E-state index is 12.6. The van der Waals surface area contributed by atoms with E-state index in [1.165, 1.54) is 77.0 Å². The second-order valence-electron chi connectivity index (χ2n) is 12.4. The van der Waals surface area contributed by atoms with Crippen LogP contribution in [0.1, 0.15) is 187 Å². The van der Waals surface area contributed by atoms with Gasteiger partial charge in [0, 0.05) is 12.8 Å². The zero-order valence-corrected chi connectivity index (χ0v) is 29.0. The average Bonchev–Trinajstić information content (AvgIpc) is 3.00. The minimum Gasteiger partial charge on any atom is -0.481 e. The Bertz CT molecular complexity index is 748. The molecular formula is C40H70O4. The molecule has 4 heteroatoms. The van der Waals surface area contributed by atoms with Crippen LogP contribution in [0.15, 0.2) is 48.6 Å². The number of carboxylic acids is 1. The van der Waals surface area contributed by atoms with Crippen LogP contribution in [0.5, 0.6) is 0 Å². The summed E-state index contributed by atoms with van der Waals surface area (Å²) in [4.78, 5) is 23.3. The largest absolute Gasteiger partial charge is 0.481 e. The van der Waals surface area contributed by atoms with Crippen LogP contribution in [-0.2, 0) is 14.3 Å². The van der Waals surface area contributed by atoms with Gasteiger partial charge in [0.15, 0.2) is 0 Å². The van der Waals surface area contributed by atoms with Gasteiger partial charge in [-0.1, -0.05) is 146 Å². The first-order valence-electron chi connectivity index (χ1n) is 18.6. The van der Waals surface area contributed by atoms with Crippen molar-refractivity contribution in [3.05, 3.63) is 48.6 Å². The highest BCUT2D eigenvalue weighted by Gasteiger charge is 2.14. The zero-order valence-electron chi connectivity index (χ0n) is 29.0. The lowest BCUT2D eigenvalue weighted by Crippen LogP contribution is -2.18. The number of aliphatic carboxylic acids is 1. The van der Waals surface area contributed by atoms with Crippen molar-refractivity contribution >= 4 is 11.9 Å². The van der Waals surface area contributed by atoms with Gasteiger partial charge < -0.3 is 9.84 Å². The molecule has 0 aliphatic rings. The maximum Gasteiger partial charge on any atom is 0.306 e. The molecule has 0 aliphatic carbocycles. The highest BCUT2D eigenvalue weighted by atomic mass is 16.5. The number of carbonyl (C=O) groups is 2. The van der Waals surface area contributed by atoms with Crippen molar-refractivity contribution in [2.75, 3.05) is 0 Å². The first-order chi connectivity index (χ1) is 21.6. The second kappa shape index (κ2) is 35.4. The molecule has 0 heterocycles. The number of unbranched alkanes of at least 4 members (excludes halogenated alkanes) is 16. The van der Waals surface area contributed by atoms with Crippen LogP contribution in [-0.4, -0.2) is 23.1 Å². The lowest BCUT2D eigenvalue weighted by atomic mass is 10.0. The Morgan fingerprint density at radius 2 is 0.909 bits per heavy atom. The van der Waals surface area contributed by atoms with Gasteiger partial charge in [0.2, 0.25) is 0 Å². The van der Waals surface area contributed by atoms with E-state index in [9.17, 15) is 9.59 Å². The molecule has 0 amide bonds. The van der Waals surface area contributed by atoms with Gasteiger partial charge in [-0.25, -0.2) is 0 Å². The van der Waals surface area contributed by atoms with Gasteiger partial charge in [-0.05, 0) is 77.0 Å². The fraction of sp³-hybridized carbons (Fsp3) is 0.750. The highest BCUT2D eigenvalue weighted by Crippen LogP contribution is 2.18. The number of esters is 1. The van der Waals surface area contributed by atoms with Crippen LogP contribution in [0.4, 0.5) is 0 Å². The number of carbonyl (C=O) groups excluding carboxylic acids is 1. The van der Waals surface area contributed by atoms with Crippen LogP contribution >= 0.6 is 0 Å². The Balaban J connectivity index is 4.13. The number of hydrogen-bond acceptors (Lipinski definition) is 3. The van der Waals surface area contributed by atoms with E-state index in [4.69, 9.17) is 9.84 Å². The molecule has 0 saturated heterocycles. The van der Waals surface area contributed by atoms with Crippen molar-refractivity contribution in [3.63, 3.8) is 0 Å². The normalized spacial score (nSPS) is 12.8. The minimum atomic E-state index is -0.708. The van der Waals surface area contributed by atoms with Crippen LogP contribution < -0.4 is 0 Å². The molecule has 0 aromatic rings. The van der Waals surface area contributed by atoms with Gasteiger partial charge in [0.1, 0.15) is 6.10 Å². The summed E-state index contributed by atoms with van der Waals surface area (Å²) in [5.74, 6) is -0.760. The topological polar surface area (TPSA) is 63.6 Å². The Morgan fingerprint density at radius 1 is 0.500 bits per heavy atom. The van der Waals surface area contributed by atoms with Crippen molar-refractivity contribution in [1.29, 1.82) is 0 Å². The molecule has 0 aromatic heterocycles. The Labute approximate surface area is 272 Å². The summed E-state index contributed by atoms with van der Waals surface area (Å²) in [6, 6.07) is 0. The van der Waals surface area contributed by atoms with Gasteiger partial charge in [-0.15, -0.1) is 0 Å². The molecule has 4 nitrogen and oxygen atoms in total. The third-order valence-electron chi connectivity index (χ3n) is 8.05. The van der Waals surface area contributed by atoms with Crippen molar-refractivity contribution < 1.29 is 19.4 Å². The van der Waals surface area contributed by atoms with Gasteiger partial charge >= 0.3 is 11.9 Å². The molecule has 1 unspecified atom stereocenters. The zero-order chi connectivity index (χ0) is 32.2. The van der Waals surface area contributed by atoms with Crippen molar-refractivity contribution in [2.45, 2.75) is 193 Å². The predicted molar refractivity (Wildman–Crippen MR) is 190 cm³/mol. The fourth-order valence-corrected chi connectivity index (χ4v) is 5.29. The number of rotatable bonds is 33. The van der Waals surface area contributed by atoms with E-state index in [1.807, 2.05) is 0 Å². The van der Waals surface area contributed by atoms with Crippen LogP contribution in [0.3, 0.4) is 0 Å². The molecule has 0 radical (unpaired) electrons. The lowest BCUT2D eigenvalue weighted by molar-refractivity contribution is -0.150. The molecule has 0 bridgehead atoms. The summed E-state index contributed by atoms with van der Waals surface area (Å²) >= 11 is 0. The molecule has 0 saturated carbocycles. The van der Waals surface area contributed by atoms with Gasteiger partial charge in [0.25, 0.3) is 0 Å². The molecule has 1 atom stereocenters. The van der Waals surface area contributed by atoms with Crippen molar-refractivity contribution in [1.82, 2.24) is 0 Å². The molecule has 0 fully saturated rings. The number of hydrogen-bond donors (Lipinski definition) is 1. The number of ether oxygens (including phenoxy) is 1. The van der Waals surface area contributed by atoms with E-state index in [0.29, 0.717) is 6.42 Å². The summed E-state index contributed by atoms with van der Waals surface area (Å²) in [6.07, 6.45) is 46.9. The van der Waals surface area contributed by atoms with Crippen LogP contribution in [0, 0.1) is 0 Å². The predicted octanol–water partition coefficient (Wildman–Crippen LogP) is 12.8. The summed E-state index contributed by atoms with van der Waals surface area (Å²) in [6.45, 7) is 4.50. The number of carboxylic acid groups (broad SMARTS) is 1. The highest BCUT2D eigenvalue weighted by molar-refractivity contribution is 5.69. The molecule has 44 heavy (non-hydrogen) atoms. The summed E-state index contributed by atoms with van der Waals surface area (Å²) in [7, 11) is 0. The third-order valence-corrected chi connectivity index (χ3v) is 8.05. The molecule has 254 valence electrons. The van der Waals surface area contributed by atoms with E-state index in [1.54, 1.807) is 0 Å². The van der Waals surface area contributed by atoms with Gasteiger partial charge in [0.05, 0.1) is 0 Å². The van der Waals surface area contributed by atoms with E-state index >= 15 is 0 Å². The Kier molecular flexibility index (Phi) is 33.7. The SMILES string of the molecule is CCCCC/C=C\C/C=C\C/C=C\C/C=C\CCCC(=O)OC(CCCCCCCCCCC)CCCCCCCC(=O)O. The maximum absolute atomic E-state index is 12.6. The second-order valence-corrected chi connectivity index (χ2v) is 12.4. The van der Waals surface area contributed by atoms with Crippen LogP contribution in [0.2, 0.25) is 0 Å². The van der Waals surface area contributed by atoms with E-state index < -0.39 is 5.97 Å². The standard InChI is InChI=1S/C40H70O4/c1-3-5-7-9-11-13-14-15-16-17-18-19-20-22-24-29-33-37-40(43)44-38(35-31-27-25-28-32-36-39(41)42)34-30-26-23-21-12-10-8-6-4-2/h11,13,15-16,18-19,22,24,38H,3-10,12,14,17,20-21,23,25-37H2,1-2H3,(H,41,42)/b13-11-,16-15-,19-18-,24-22-. The van der Waals surface area contributed by atoms with Crippen molar-refractivity contribution in [3.8, 4) is 0 Å². The summed E-state index contributed by atoms with van der Waals surface area (Å²) < 4.78 is 5.95. The summed E-state index contributed by atoms with van der Waals surface area (Å²) in [5, 5.41) is 8.79. The number of allylic oxidation sites excluding steroid dienone is 8. The third kappa shape index (κ3) is 34.4. The van der Waals surface area contributed by atoms with E-state index in [-0.39, 0.29) is 18.5 Å². The smallest absolute Gasteiger partial charge is 0.306 e. The van der Waals surface area contributed by atoms with Gasteiger partial charge in [-0.2, -0.15) is 0 Å². The van der Waals surface area contributed by atoms with Crippen molar-refractivity contribution in [2.24, 2.45) is 0 Å². The fourth-order valence-electron chi connectivity index (χ4n) is 5.29. The lowest BCUT2D eigenvalue weighted by Gasteiger charge is -2.18. The van der Waals surface area contributed by atoms with E-state index in [0.717, 1.165) is 83.5 Å². The molecule has 0 aliphatic heterocycles. The minimum absolute atomic E-state index is 0.0302.